The van der Waals surface area contributed by atoms with Crippen LogP contribution in [0.4, 0.5) is 0 Å². The first-order chi connectivity index (χ1) is 15.3. The summed E-state index contributed by atoms with van der Waals surface area (Å²) in [6.07, 6.45) is 3.17. The number of hydrogen-bond acceptors (Lipinski definition) is 3. The van der Waals surface area contributed by atoms with Crippen LogP contribution in [0, 0.1) is 11.8 Å². The van der Waals surface area contributed by atoms with Crippen LogP contribution in [-0.2, 0) is 13.0 Å². The minimum absolute atomic E-state index is 0.0862. The Morgan fingerprint density at radius 2 is 1.78 bits per heavy atom. The van der Waals surface area contributed by atoms with E-state index in [0.717, 1.165) is 48.5 Å². The van der Waals surface area contributed by atoms with Gasteiger partial charge in [-0.05, 0) is 80.5 Å². The SMILES string of the molecule is CC(C)Cc1nc2ccc(-c3ccc(Cl)cc3)cc2c(=O)n1C[C@H]1CCCN(C(C)C)C1. The van der Waals surface area contributed by atoms with Crippen molar-refractivity contribution < 1.29 is 0 Å². The number of rotatable bonds is 6. The van der Waals surface area contributed by atoms with Gasteiger partial charge in [-0.1, -0.05) is 43.6 Å². The largest absolute Gasteiger partial charge is 0.301 e. The standard InChI is InChI=1S/C27H34ClN3O/c1-18(2)14-26-29-25-12-9-22(21-7-10-23(28)11-8-21)15-24(25)27(32)31(26)17-20-6-5-13-30(16-20)19(3)4/h7-12,15,18-20H,5-6,13-14,16-17H2,1-4H3/t20-/m0/s1. The van der Waals surface area contributed by atoms with Gasteiger partial charge in [-0.25, -0.2) is 4.98 Å². The second kappa shape index (κ2) is 9.76. The molecule has 0 radical (unpaired) electrons. The summed E-state index contributed by atoms with van der Waals surface area (Å²) in [6, 6.07) is 14.3. The number of hydrogen-bond donors (Lipinski definition) is 0. The van der Waals surface area contributed by atoms with Crippen molar-refractivity contribution >= 4 is 22.5 Å². The maximum absolute atomic E-state index is 13.7. The third-order valence-electron chi connectivity index (χ3n) is 6.52. The van der Waals surface area contributed by atoms with Crippen LogP contribution in [0.1, 0.15) is 46.4 Å². The van der Waals surface area contributed by atoms with Crippen LogP contribution in [0.5, 0.6) is 0 Å². The zero-order valence-electron chi connectivity index (χ0n) is 19.6. The van der Waals surface area contributed by atoms with Crippen molar-refractivity contribution in [2.24, 2.45) is 11.8 Å². The van der Waals surface area contributed by atoms with Gasteiger partial charge in [0, 0.05) is 30.6 Å². The Balaban J connectivity index is 1.75. The maximum Gasteiger partial charge on any atom is 0.261 e. The number of aromatic nitrogens is 2. The zero-order chi connectivity index (χ0) is 22.8. The van der Waals surface area contributed by atoms with Gasteiger partial charge in [0.15, 0.2) is 0 Å². The Kier molecular flexibility index (Phi) is 7.02. The van der Waals surface area contributed by atoms with Crippen LogP contribution in [0.3, 0.4) is 0 Å². The van der Waals surface area contributed by atoms with Crippen molar-refractivity contribution in [1.82, 2.24) is 14.5 Å². The number of benzene rings is 2. The van der Waals surface area contributed by atoms with Crippen molar-refractivity contribution in [3.05, 3.63) is 63.7 Å². The van der Waals surface area contributed by atoms with E-state index in [1.165, 1.54) is 12.8 Å². The topological polar surface area (TPSA) is 38.1 Å². The fraction of sp³-hybridized carbons (Fsp3) is 0.481. The van der Waals surface area contributed by atoms with Crippen molar-refractivity contribution in [2.45, 2.75) is 59.5 Å². The van der Waals surface area contributed by atoms with Gasteiger partial charge in [0.05, 0.1) is 10.9 Å². The molecule has 0 spiro atoms. The van der Waals surface area contributed by atoms with Crippen LogP contribution < -0.4 is 5.56 Å². The van der Waals surface area contributed by atoms with Gasteiger partial charge in [-0.3, -0.25) is 9.36 Å². The molecule has 32 heavy (non-hydrogen) atoms. The summed E-state index contributed by atoms with van der Waals surface area (Å²) in [5, 5.41) is 1.40. The third kappa shape index (κ3) is 5.07. The molecule has 5 heteroatoms. The maximum atomic E-state index is 13.7. The number of nitrogens with zero attached hydrogens (tertiary/aromatic N) is 3. The van der Waals surface area contributed by atoms with E-state index in [1.807, 2.05) is 47.0 Å². The molecule has 1 fully saturated rings. The fourth-order valence-corrected chi connectivity index (χ4v) is 4.90. The Labute approximate surface area is 196 Å². The second-order valence-electron chi connectivity index (χ2n) is 9.88. The molecule has 0 saturated carbocycles. The van der Waals surface area contributed by atoms with Crippen LogP contribution in [-0.4, -0.2) is 33.6 Å². The molecule has 4 rings (SSSR count). The van der Waals surface area contributed by atoms with E-state index < -0.39 is 0 Å². The van der Waals surface area contributed by atoms with Crippen molar-refractivity contribution in [3.8, 4) is 11.1 Å². The van der Waals surface area contributed by atoms with Gasteiger partial charge in [-0.2, -0.15) is 0 Å². The Morgan fingerprint density at radius 1 is 1.06 bits per heavy atom. The molecule has 0 amide bonds. The molecule has 1 aliphatic heterocycles. The van der Waals surface area contributed by atoms with E-state index in [4.69, 9.17) is 16.6 Å². The molecule has 170 valence electrons. The van der Waals surface area contributed by atoms with E-state index in [9.17, 15) is 4.79 Å². The molecular formula is C27H34ClN3O. The van der Waals surface area contributed by atoms with Gasteiger partial charge in [-0.15, -0.1) is 0 Å². The summed E-state index contributed by atoms with van der Waals surface area (Å²) in [5.41, 5.74) is 2.93. The Morgan fingerprint density at radius 3 is 2.47 bits per heavy atom. The molecular weight excluding hydrogens is 418 g/mol. The predicted molar refractivity (Wildman–Crippen MR) is 134 cm³/mol. The van der Waals surface area contributed by atoms with Crippen LogP contribution >= 0.6 is 11.6 Å². The second-order valence-corrected chi connectivity index (χ2v) is 10.3. The smallest absolute Gasteiger partial charge is 0.261 e. The van der Waals surface area contributed by atoms with Gasteiger partial charge in [0.1, 0.15) is 5.82 Å². The molecule has 0 N–H and O–H groups in total. The highest BCUT2D eigenvalue weighted by Crippen LogP contribution is 2.25. The Bertz CT molecular complexity index is 1130. The van der Waals surface area contributed by atoms with E-state index in [2.05, 4.69) is 32.6 Å². The summed E-state index contributed by atoms with van der Waals surface area (Å²) >= 11 is 6.05. The van der Waals surface area contributed by atoms with Gasteiger partial charge < -0.3 is 4.90 Å². The Hall–Kier alpha value is -2.17. The number of likely N-dealkylation sites (tertiary alicyclic amines) is 1. The van der Waals surface area contributed by atoms with Gasteiger partial charge in [0.2, 0.25) is 0 Å². The van der Waals surface area contributed by atoms with Crippen molar-refractivity contribution in [2.75, 3.05) is 13.1 Å². The van der Waals surface area contributed by atoms with Gasteiger partial charge in [0.25, 0.3) is 5.56 Å². The molecule has 1 atom stereocenters. The molecule has 0 aliphatic carbocycles. The zero-order valence-corrected chi connectivity index (χ0v) is 20.4. The average molecular weight is 452 g/mol. The summed E-state index contributed by atoms with van der Waals surface area (Å²) < 4.78 is 1.97. The van der Waals surface area contributed by atoms with Crippen LogP contribution in [0.15, 0.2) is 47.3 Å². The number of piperidine rings is 1. The first-order valence-electron chi connectivity index (χ1n) is 11.8. The van der Waals surface area contributed by atoms with E-state index in [-0.39, 0.29) is 5.56 Å². The lowest BCUT2D eigenvalue weighted by atomic mass is 9.96. The summed E-state index contributed by atoms with van der Waals surface area (Å²) in [6.45, 7) is 11.8. The third-order valence-corrected chi connectivity index (χ3v) is 6.78. The molecule has 4 nitrogen and oxygen atoms in total. The number of fused-ring (bicyclic) bond motifs is 1. The highest BCUT2D eigenvalue weighted by atomic mass is 35.5. The number of halogens is 1. The van der Waals surface area contributed by atoms with E-state index >= 15 is 0 Å². The average Bonchev–Trinajstić information content (AvgIpc) is 2.76. The molecule has 2 heterocycles. The summed E-state index contributed by atoms with van der Waals surface area (Å²) in [5.74, 6) is 1.84. The lowest BCUT2D eigenvalue weighted by Gasteiger charge is -2.36. The first-order valence-corrected chi connectivity index (χ1v) is 12.2. The highest BCUT2D eigenvalue weighted by Gasteiger charge is 2.24. The quantitative estimate of drug-likeness (QED) is 0.458. The first kappa shape index (κ1) is 23.0. The highest BCUT2D eigenvalue weighted by molar-refractivity contribution is 6.30. The molecule has 1 saturated heterocycles. The molecule has 1 aromatic heterocycles. The lowest BCUT2D eigenvalue weighted by molar-refractivity contribution is 0.129. The lowest BCUT2D eigenvalue weighted by Crippen LogP contribution is -2.42. The normalized spacial score (nSPS) is 17.5. The van der Waals surface area contributed by atoms with E-state index in [0.29, 0.717) is 28.3 Å². The molecule has 0 unspecified atom stereocenters. The molecule has 0 bridgehead atoms. The van der Waals surface area contributed by atoms with Crippen molar-refractivity contribution in [1.29, 1.82) is 0 Å². The summed E-state index contributed by atoms with van der Waals surface area (Å²) in [4.78, 5) is 21.3. The van der Waals surface area contributed by atoms with Gasteiger partial charge >= 0.3 is 0 Å². The monoisotopic (exact) mass is 451 g/mol. The predicted octanol–water partition coefficient (Wildman–Crippen LogP) is 6.04. The van der Waals surface area contributed by atoms with Crippen LogP contribution in [0.25, 0.3) is 22.0 Å². The molecule has 2 aromatic carbocycles. The minimum atomic E-state index is 0.0862. The van der Waals surface area contributed by atoms with Crippen LogP contribution in [0.2, 0.25) is 5.02 Å². The summed E-state index contributed by atoms with van der Waals surface area (Å²) in [7, 11) is 0. The minimum Gasteiger partial charge on any atom is -0.301 e. The molecule has 1 aliphatic rings. The van der Waals surface area contributed by atoms with E-state index in [1.54, 1.807) is 0 Å². The molecule has 3 aromatic rings. The van der Waals surface area contributed by atoms with Crippen molar-refractivity contribution in [3.63, 3.8) is 0 Å². The fourth-order valence-electron chi connectivity index (χ4n) is 4.77.